The molecular formula is C25H29N3O4S. The number of hydrogen-bond donors (Lipinski definition) is 2. The van der Waals surface area contributed by atoms with Gasteiger partial charge in [0.2, 0.25) is 0 Å². The van der Waals surface area contributed by atoms with Crippen molar-refractivity contribution in [2.24, 2.45) is 0 Å². The van der Waals surface area contributed by atoms with Gasteiger partial charge in [0.05, 0.1) is 10.6 Å². The second-order valence-electron chi connectivity index (χ2n) is 8.09. The average Bonchev–Trinajstić information content (AvgIpc) is 3.38. The van der Waals surface area contributed by atoms with Crippen molar-refractivity contribution in [1.82, 2.24) is 15.2 Å². The Morgan fingerprint density at radius 1 is 1.21 bits per heavy atom. The standard InChI is InChI=1S/C25H29N3O4S/c1-28(19-9-12-31-13-10-19)11-14-32-20-5-2-4-18(16-20)17-26-24(29)21-7-8-22(27-25(21)30)23-6-3-15-33-23/h2-8,15-16,19H,9-14,17H2,1H3,(H,26,29)(H,27,30). The molecule has 0 radical (unpaired) electrons. The summed E-state index contributed by atoms with van der Waals surface area (Å²) >= 11 is 1.53. The molecule has 1 saturated heterocycles. The Hall–Kier alpha value is -2.94. The van der Waals surface area contributed by atoms with Crippen LogP contribution in [0.4, 0.5) is 0 Å². The van der Waals surface area contributed by atoms with E-state index in [2.05, 4.69) is 22.2 Å². The molecule has 1 aliphatic heterocycles. The Labute approximate surface area is 197 Å². The minimum absolute atomic E-state index is 0.0962. The third kappa shape index (κ3) is 6.31. The van der Waals surface area contributed by atoms with E-state index in [1.807, 2.05) is 41.8 Å². The highest BCUT2D eigenvalue weighted by molar-refractivity contribution is 7.13. The smallest absolute Gasteiger partial charge is 0.261 e. The van der Waals surface area contributed by atoms with Crippen LogP contribution in [-0.4, -0.2) is 55.2 Å². The molecule has 2 N–H and O–H groups in total. The van der Waals surface area contributed by atoms with Crippen LogP contribution in [0, 0.1) is 0 Å². The first-order valence-corrected chi connectivity index (χ1v) is 12.0. The summed E-state index contributed by atoms with van der Waals surface area (Å²) < 4.78 is 11.4. The number of thiophene rings is 1. The molecule has 3 aromatic rings. The number of pyridine rings is 1. The van der Waals surface area contributed by atoms with Crippen molar-refractivity contribution in [3.63, 3.8) is 0 Å². The lowest BCUT2D eigenvalue weighted by atomic mass is 10.1. The van der Waals surface area contributed by atoms with Crippen molar-refractivity contribution < 1.29 is 14.3 Å². The summed E-state index contributed by atoms with van der Waals surface area (Å²) in [5, 5.41) is 4.76. The second kappa shape index (κ2) is 11.3. The lowest BCUT2D eigenvalue weighted by Crippen LogP contribution is -2.38. The Morgan fingerprint density at radius 3 is 2.82 bits per heavy atom. The number of hydrogen-bond acceptors (Lipinski definition) is 6. The minimum atomic E-state index is -0.404. The van der Waals surface area contributed by atoms with E-state index in [-0.39, 0.29) is 5.56 Å². The number of rotatable bonds is 9. The highest BCUT2D eigenvalue weighted by Gasteiger charge is 2.18. The number of carbonyl (C=O) groups excluding carboxylic acids is 1. The SMILES string of the molecule is CN(CCOc1cccc(CNC(=O)c2ccc(-c3cccs3)[nH]c2=O)c1)C1CCOCC1. The molecular weight excluding hydrogens is 438 g/mol. The summed E-state index contributed by atoms with van der Waals surface area (Å²) in [4.78, 5) is 31.0. The minimum Gasteiger partial charge on any atom is -0.492 e. The van der Waals surface area contributed by atoms with Gasteiger partial charge < -0.3 is 19.8 Å². The number of nitrogens with zero attached hydrogens (tertiary/aromatic N) is 1. The molecule has 1 fully saturated rings. The van der Waals surface area contributed by atoms with Crippen molar-refractivity contribution in [1.29, 1.82) is 0 Å². The number of benzene rings is 1. The zero-order valence-corrected chi connectivity index (χ0v) is 19.5. The molecule has 0 atom stereocenters. The fourth-order valence-corrected chi connectivity index (χ4v) is 4.57. The Morgan fingerprint density at radius 2 is 2.06 bits per heavy atom. The van der Waals surface area contributed by atoms with Crippen LogP contribution in [0.25, 0.3) is 10.6 Å². The van der Waals surface area contributed by atoms with E-state index < -0.39 is 11.5 Å². The van der Waals surface area contributed by atoms with Crippen LogP contribution in [-0.2, 0) is 11.3 Å². The number of ether oxygens (including phenoxy) is 2. The lowest BCUT2D eigenvalue weighted by molar-refractivity contribution is 0.0392. The van der Waals surface area contributed by atoms with Crippen LogP contribution in [0.5, 0.6) is 5.75 Å². The van der Waals surface area contributed by atoms with Gasteiger partial charge in [-0.3, -0.25) is 14.5 Å². The summed E-state index contributed by atoms with van der Waals surface area (Å²) in [5.41, 5.74) is 1.31. The molecule has 1 amide bonds. The number of H-pyrrole nitrogens is 1. The zero-order valence-electron chi connectivity index (χ0n) is 18.7. The van der Waals surface area contributed by atoms with Gasteiger partial charge in [-0.15, -0.1) is 11.3 Å². The first kappa shape index (κ1) is 23.2. The molecule has 33 heavy (non-hydrogen) atoms. The predicted octanol–water partition coefficient (Wildman–Crippen LogP) is 3.52. The lowest BCUT2D eigenvalue weighted by Gasteiger charge is -2.31. The van der Waals surface area contributed by atoms with Crippen molar-refractivity contribution in [3.8, 4) is 16.3 Å². The first-order chi connectivity index (χ1) is 16.1. The van der Waals surface area contributed by atoms with Gasteiger partial charge in [-0.05, 0) is 61.2 Å². The van der Waals surface area contributed by atoms with Crippen molar-refractivity contribution in [2.45, 2.75) is 25.4 Å². The van der Waals surface area contributed by atoms with Crippen molar-refractivity contribution in [3.05, 3.63) is 75.4 Å². The van der Waals surface area contributed by atoms with Gasteiger partial charge >= 0.3 is 0 Å². The van der Waals surface area contributed by atoms with Gasteiger partial charge in [0.15, 0.2) is 0 Å². The molecule has 0 aliphatic carbocycles. The van der Waals surface area contributed by atoms with Gasteiger partial charge in [-0.1, -0.05) is 18.2 Å². The normalized spacial score (nSPS) is 14.4. The summed E-state index contributed by atoms with van der Waals surface area (Å²) in [6, 6.07) is 15.4. The molecule has 1 aromatic carbocycles. The van der Waals surface area contributed by atoms with E-state index in [1.165, 1.54) is 11.3 Å². The fraction of sp³-hybridized carbons (Fsp3) is 0.360. The number of aromatic amines is 1. The van der Waals surface area contributed by atoms with E-state index in [0.717, 1.165) is 48.8 Å². The number of nitrogens with one attached hydrogen (secondary N) is 2. The highest BCUT2D eigenvalue weighted by atomic mass is 32.1. The van der Waals surface area contributed by atoms with Crippen LogP contribution in [0.1, 0.15) is 28.8 Å². The Kier molecular flexibility index (Phi) is 7.93. The maximum Gasteiger partial charge on any atom is 0.261 e. The number of carbonyl (C=O) groups is 1. The van der Waals surface area contributed by atoms with Gasteiger partial charge in [0.25, 0.3) is 11.5 Å². The molecule has 3 heterocycles. The Balaban J connectivity index is 1.28. The summed E-state index contributed by atoms with van der Waals surface area (Å²) in [5.74, 6) is 0.360. The van der Waals surface area contributed by atoms with E-state index in [1.54, 1.807) is 12.1 Å². The van der Waals surface area contributed by atoms with Crippen LogP contribution in [0.2, 0.25) is 0 Å². The molecule has 0 bridgehead atoms. The highest BCUT2D eigenvalue weighted by Crippen LogP contribution is 2.21. The number of aromatic nitrogens is 1. The third-order valence-corrected chi connectivity index (χ3v) is 6.72. The first-order valence-electron chi connectivity index (χ1n) is 11.2. The van der Waals surface area contributed by atoms with Crippen LogP contribution in [0.15, 0.2) is 58.7 Å². The molecule has 1 aliphatic rings. The van der Waals surface area contributed by atoms with E-state index >= 15 is 0 Å². The maximum atomic E-state index is 12.5. The van der Waals surface area contributed by atoms with Crippen LogP contribution in [0.3, 0.4) is 0 Å². The van der Waals surface area contributed by atoms with Crippen LogP contribution >= 0.6 is 11.3 Å². The largest absolute Gasteiger partial charge is 0.492 e. The van der Waals surface area contributed by atoms with Crippen molar-refractivity contribution in [2.75, 3.05) is 33.4 Å². The van der Waals surface area contributed by atoms with E-state index in [4.69, 9.17) is 9.47 Å². The third-order valence-electron chi connectivity index (χ3n) is 5.82. The molecule has 0 saturated carbocycles. The number of amides is 1. The summed E-state index contributed by atoms with van der Waals surface area (Å²) in [7, 11) is 2.12. The Bertz CT molecular complexity index is 1110. The van der Waals surface area contributed by atoms with Crippen molar-refractivity contribution >= 4 is 17.2 Å². The molecule has 0 spiro atoms. The summed E-state index contributed by atoms with van der Waals surface area (Å²) in [6.07, 6.45) is 2.12. The predicted molar refractivity (Wildman–Crippen MR) is 130 cm³/mol. The monoisotopic (exact) mass is 467 g/mol. The second-order valence-corrected chi connectivity index (χ2v) is 9.04. The van der Waals surface area contributed by atoms with Gasteiger partial charge in [-0.25, -0.2) is 0 Å². The van der Waals surface area contributed by atoms with E-state index in [0.29, 0.717) is 24.9 Å². The van der Waals surface area contributed by atoms with E-state index in [9.17, 15) is 9.59 Å². The molecule has 4 rings (SSSR count). The fourth-order valence-electron chi connectivity index (χ4n) is 3.87. The number of likely N-dealkylation sites (N-methyl/N-ethyl adjacent to an activating group) is 1. The summed E-state index contributed by atoms with van der Waals surface area (Å²) in [6.45, 7) is 3.40. The maximum absolute atomic E-state index is 12.5. The average molecular weight is 468 g/mol. The zero-order chi connectivity index (χ0) is 23.0. The molecule has 2 aromatic heterocycles. The van der Waals surface area contributed by atoms with Gasteiger partial charge in [0.1, 0.15) is 17.9 Å². The molecule has 8 heteroatoms. The molecule has 0 unspecified atom stereocenters. The molecule has 7 nitrogen and oxygen atoms in total. The van der Waals surface area contributed by atoms with Gasteiger partial charge in [0, 0.05) is 32.3 Å². The van der Waals surface area contributed by atoms with Crippen LogP contribution < -0.4 is 15.6 Å². The van der Waals surface area contributed by atoms with Gasteiger partial charge in [-0.2, -0.15) is 0 Å². The molecule has 174 valence electrons. The topological polar surface area (TPSA) is 83.7 Å². The quantitative estimate of drug-likeness (QED) is 0.503.